The molecule has 1 aliphatic heterocycles. The predicted octanol–water partition coefficient (Wildman–Crippen LogP) is 3.44. The van der Waals surface area contributed by atoms with Crippen LogP contribution in [-0.4, -0.2) is 29.4 Å². The van der Waals surface area contributed by atoms with E-state index in [1.165, 1.54) is 17.7 Å². The molecule has 1 unspecified atom stereocenters. The Morgan fingerprint density at radius 2 is 2.35 bits per heavy atom. The van der Waals surface area contributed by atoms with Crippen LogP contribution >= 0.6 is 23.7 Å². The molecule has 0 radical (unpaired) electrons. The zero-order valence-electron chi connectivity index (χ0n) is 12.3. The predicted molar refractivity (Wildman–Crippen MR) is 87.5 cm³/mol. The highest BCUT2D eigenvalue weighted by atomic mass is 35.5. The third-order valence-electron chi connectivity index (χ3n) is 3.72. The van der Waals surface area contributed by atoms with E-state index >= 15 is 0 Å². The van der Waals surface area contributed by atoms with Crippen molar-refractivity contribution in [3.05, 3.63) is 22.4 Å². The van der Waals surface area contributed by atoms with Crippen molar-refractivity contribution in [1.29, 1.82) is 0 Å². The van der Waals surface area contributed by atoms with E-state index in [0.717, 1.165) is 19.5 Å². The van der Waals surface area contributed by atoms with Crippen LogP contribution in [0.2, 0.25) is 0 Å². The lowest BCUT2D eigenvalue weighted by molar-refractivity contribution is -0.133. The second-order valence-electron chi connectivity index (χ2n) is 5.53. The molecule has 2 rings (SSSR count). The molecule has 0 bridgehead atoms. The van der Waals surface area contributed by atoms with Gasteiger partial charge in [0, 0.05) is 23.4 Å². The zero-order valence-corrected chi connectivity index (χ0v) is 13.9. The summed E-state index contributed by atoms with van der Waals surface area (Å²) in [5.41, 5.74) is 0. The highest BCUT2D eigenvalue weighted by Crippen LogP contribution is 2.17. The normalized spacial score (nSPS) is 18.1. The molecular weight excluding hydrogens is 292 g/mol. The van der Waals surface area contributed by atoms with E-state index < -0.39 is 0 Å². The van der Waals surface area contributed by atoms with E-state index in [1.54, 1.807) is 11.3 Å². The number of nitrogens with zero attached hydrogens (tertiary/aromatic N) is 1. The average molecular weight is 317 g/mol. The lowest BCUT2D eigenvalue weighted by Crippen LogP contribution is -2.37. The van der Waals surface area contributed by atoms with Crippen molar-refractivity contribution < 1.29 is 4.79 Å². The largest absolute Gasteiger partial charge is 0.335 e. The molecule has 1 atom stereocenters. The minimum absolute atomic E-state index is 0. The van der Waals surface area contributed by atoms with E-state index in [0.29, 0.717) is 12.5 Å². The molecule has 1 N–H and O–H groups in total. The van der Waals surface area contributed by atoms with Gasteiger partial charge in [0.1, 0.15) is 0 Å². The van der Waals surface area contributed by atoms with E-state index in [9.17, 15) is 4.79 Å². The maximum Gasteiger partial charge on any atom is 0.223 e. The van der Waals surface area contributed by atoms with Crippen molar-refractivity contribution in [3.8, 4) is 0 Å². The number of nitrogens with one attached hydrogen (secondary N) is 1. The molecule has 3 nitrogen and oxygen atoms in total. The molecule has 1 amide bonds. The van der Waals surface area contributed by atoms with Gasteiger partial charge in [0.25, 0.3) is 0 Å². The van der Waals surface area contributed by atoms with E-state index in [1.807, 2.05) is 11.0 Å². The van der Waals surface area contributed by atoms with Crippen LogP contribution in [-0.2, 0) is 11.3 Å². The monoisotopic (exact) mass is 316 g/mol. The smallest absolute Gasteiger partial charge is 0.223 e. The maximum atomic E-state index is 12.4. The Morgan fingerprint density at radius 3 is 2.90 bits per heavy atom. The highest BCUT2D eigenvalue weighted by Gasteiger charge is 2.20. The molecule has 1 saturated heterocycles. The van der Waals surface area contributed by atoms with Gasteiger partial charge in [-0.3, -0.25) is 4.79 Å². The summed E-state index contributed by atoms with van der Waals surface area (Å²) in [5.74, 6) is 0.289. The van der Waals surface area contributed by atoms with E-state index in [-0.39, 0.29) is 24.4 Å². The molecule has 0 aliphatic carbocycles. The van der Waals surface area contributed by atoms with Gasteiger partial charge in [0.15, 0.2) is 0 Å². The Hall–Kier alpha value is -0.580. The zero-order chi connectivity index (χ0) is 13.7. The van der Waals surface area contributed by atoms with Gasteiger partial charge in [-0.1, -0.05) is 6.07 Å². The second kappa shape index (κ2) is 8.65. The van der Waals surface area contributed by atoms with Crippen molar-refractivity contribution in [2.75, 3.05) is 6.54 Å². The summed E-state index contributed by atoms with van der Waals surface area (Å²) in [5, 5.41) is 5.53. The summed E-state index contributed by atoms with van der Waals surface area (Å²) in [6.07, 6.45) is 4.12. The third kappa shape index (κ3) is 5.08. The SMILES string of the molecule is CC(C)N(Cc1cccs1)C(=O)CCC1CCCN1.Cl. The van der Waals surface area contributed by atoms with Crippen LogP contribution in [0.3, 0.4) is 0 Å². The van der Waals surface area contributed by atoms with Gasteiger partial charge in [-0.2, -0.15) is 0 Å². The fraction of sp³-hybridized carbons (Fsp3) is 0.667. The van der Waals surface area contributed by atoms with Crippen molar-refractivity contribution >= 4 is 29.7 Å². The fourth-order valence-corrected chi connectivity index (χ4v) is 3.28. The van der Waals surface area contributed by atoms with Crippen molar-refractivity contribution in [3.63, 3.8) is 0 Å². The lowest BCUT2D eigenvalue weighted by atomic mass is 10.1. The average Bonchev–Trinajstić information content (AvgIpc) is 3.05. The van der Waals surface area contributed by atoms with Gasteiger partial charge < -0.3 is 10.2 Å². The molecule has 1 aliphatic rings. The van der Waals surface area contributed by atoms with Crippen LogP contribution in [0.25, 0.3) is 0 Å². The molecular formula is C15H25ClN2OS. The quantitative estimate of drug-likeness (QED) is 0.872. The molecule has 20 heavy (non-hydrogen) atoms. The Morgan fingerprint density at radius 1 is 1.55 bits per heavy atom. The summed E-state index contributed by atoms with van der Waals surface area (Å²) in [6, 6.07) is 4.97. The number of hydrogen-bond acceptors (Lipinski definition) is 3. The molecule has 5 heteroatoms. The summed E-state index contributed by atoms with van der Waals surface area (Å²) in [6.45, 7) is 6.06. The van der Waals surface area contributed by atoms with Crippen LogP contribution in [0.5, 0.6) is 0 Å². The first-order valence-electron chi connectivity index (χ1n) is 7.22. The number of carbonyl (C=O) groups excluding carboxylic acids is 1. The van der Waals surface area contributed by atoms with E-state index in [4.69, 9.17) is 0 Å². The topological polar surface area (TPSA) is 32.3 Å². The van der Waals surface area contributed by atoms with Crippen LogP contribution in [0, 0.1) is 0 Å². The van der Waals surface area contributed by atoms with Gasteiger partial charge in [-0.25, -0.2) is 0 Å². The minimum Gasteiger partial charge on any atom is -0.335 e. The van der Waals surface area contributed by atoms with Crippen LogP contribution in [0.1, 0.15) is 44.4 Å². The number of hydrogen-bond donors (Lipinski definition) is 1. The number of rotatable bonds is 6. The van der Waals surface area contributed by atoms with E-state index in [2.05, 4.69) is 30.6 Å². The second-order valence-corrected chi connectivity index (χ2v) is 6.56. The Kier molecular flexibility index (Phi) is 7.56. The summed E-state index contributed by atoms with van der Waals surface area (Å²) < 4.78 is 0. The first kappa shape index (κ1) is 17.5. The number of halogens is 1. The summed E-state index contributed by atoms with van der Waals surface area (Å²) in [4.78, 5) is 15.6. The number of amides is 1. The van der Waals surface area contributed by atoms with Gasteiger partial charge in [0.05, 0.1) is 6.54 Å². The molecule has 0 saturated carbocycles. The first-order valence-corrected chi connectivity index (χ1v) is 8.10. The third-order valence-corrected chi connectivity index (χ3v) is 4.58. The van der Waals surface area contributed by atoms with Crippen LogP contribution in [0.15, 0.2) is 17.5 Å². The van der Waals surface area contributed by atoms with Crippen LogP contribution in [0.4, 0.5) is 0 Å². The van der Waals surface area contributed by atoms with Crippen molar-refractivity contribution in [2.45, 2.75) is 58.2 Å². The Labute approximate surface area is 132 Å². The maximum absolute atomic E-state index is 12.4. The minimum atomic E-state index is 0. The van der Waals surface area contributed by atoms with Gasteiger partial charge in [-0.15, -0.1) is 23.7 Å². The molecule has 2 heterocycles. The van der Waals surface area contributed by atoms with Gasteiger partial charge >= 0.3 is 0 Å². The highest BCUT2D eigenvalue weighted by molar-refractivity contribution is 7.09. The number of thiophene rings is 1. The molecule has 114 valence electrons. The molecule has 0 spiro atoms. The standard InChI is InChI=1S/C15H24N2OS.ClH/c1-12(2)17(11-14-6-4-10-19-14)15(18)8-7-13-5-3-9-16-13;/h4,6,10,12-13,16H,3,5,7-9,11H2,1-2H3;1H. The molecule has 1 aromatic heterocycles. The Balaban J connectivity index is 0.00000200. The molecule has 1 fully saturated rings. The summed E-state index contributed by atoms with van der Waals surface area (Å²) >= 11 is 1.72. The van der Waals surface area contributed by atoms with Gasteiger partial charge in [0.2, 0.25) is 5.91 Å². The Bertz CT molecular complexity index is 389. The van der Waals surface area contributed by atoms with Crippen molar-refractivity contribution in [2.24, 2.45) is 0 Å². The molecule has 1 aromatic rings. The first-order chi connectivity index (χ1) is 9.16. The number of carbonyl (C=O) groups is 1. The van der Waals surface area contributed by atoms with Gasteiger partial charge in [-0.05, 0) is 51.1 Å². The van der Waals surface area contributed by atoms with Crippen molar-refractivity contribution in [1.82, 2.24) is 10.2 Å². The molecule has 0 aromatic carbocycles. The summed E-state index contributed by atoms with van der Waals surface area (Å²) in [7, 11) is 0. The van der Waals surface area contributed by atoms with Crippen LogP contribution < -0.4 is 5.32 Å². The lowest BCUT2D eigenvalue weighted by Gasteiger charge is -2.27. The fourth-order valence-electron chi connectivity index (χ4n) is 2.57.